The second-order valence-corrected chi connectivity index (χ2v) is 7.79. The molecule has 134 valence electrons. The van der Waals surface area contributed by atoms with Gasteiger partial charge in [0.2, 0.25) is 0 Å². The molecule has 0 aromatic carbocycles. The number of aromatic nitrogens is 1. The first-order chi connectivity index (χ1) is 11.7. The normalized spacial score (nSPS) is 13.2. The van der Waals surface area contributed by atoms with Gasteiger partial charge in [-0.15, -0.1) is 11.8 Å². The zero-order chi connectivity index (χ0) is 17.2. The molecule has 0 spiro atoms. The topological polar surface area (TPSA) is 39.2 Å². The molecule has 1 aromatic rings. The average Bonchev–Trinajstić information content (AvgIpc) is 2.93. The predicted octanol–water partition coefficient (Wildman–Crippen LogP) is 6.07. The molecule has 24 heavy (non-hydrogen) atoms. The summed E-state index contributed by atoms with van der Waals surface area (Å²) in [4.78, 5) is 16.4. The lowest BCUT2D eigenvalue weighted by Crippen LogP contribution is -2.00. The van der Waals surface area contributed by atoms with Crippen LogP contribution in [0.4, 0.5) is 0 Å². The van der Waals surface area contributed by atoms with Gasteiger partial charge in [-0.05, 0) is 25.2 Å². The Morgan fingerprint density at radius 2 is 1.67 bits per heavy atom. The van der Waals surface area contributed by atoms with Gasteiger partial charge in [0.25, 0.3) is 0 Å². The van der Waals surface area contributed by atoms with Gasteiger partial charge in [0.1, 0.15) is 11.6 Å². The number of ether oxygens (including phenoxy) is 1. The number of esters is 1. The fraction of sp³-hybridized carbons (Fsp3) is 0.700. The largest absolute Gasteiger partial charge is 0.457 e. The van der Waals surface area contributed by atoms with Crippen LogP contribution in [0.3, 0.4) is 0 Å². The van der Waals surface area contributed by atoms with Crippen molar-refractivity contribution in [2.75, 3.05) is 5.75 Å². The number of hydrogen-bond donors (Lipinski definition) is 0. The first-order valence-corrected chi connectivity index (χ1v) is 10.5. The molecule has 0 N–H and O–H groups in total. The quantitative estimate of drug-likeness (QED) is 0.261. The molecule has 1 aromatic heterocycles. The molecule has 2 heterocycles. The minimum atomic E-state index is -0.205. The zero-order valence-corrected chi connectivity index (χ0v) is 16.1. The summed E-state index contributed by atoms with van der Waals surface area (Å²) in [5, 5.41) is 0.864. The van der Waals surface area contributed by atoms with Crippen molar-refractivity contribution < 1.29 is 9.53 Å². The summed E-state index contributed by atoms with van der Waals surface area (Å²) in [7, 11) is 0. The van der Waals surface area contributed by atoms with Gasteiger partial charge >= 0.3 is 5.97 Å². The molecule has 0 atom stereocenters. The van der Waals surface area contributed by atoms with Crippen molar-refractivity contribution in [3.05, 3.63) is 22.9 Å². The van der Waals surface area contributed by atoms with Gasteiger partial charge in [-0.25, -0.2) is 9.78 Å². The molecule has 0 fully saturated rings. The maximum Gasteiger partial charge on any atom is 0.341 e. The Morgan fingerprint density at radius 1 is 1.04 bits per heavy atom. The number of fused-ring (bicyclic) bond motifs is 1. The number of unbranched alkanes of at least 4 members (excludes halogenated alkanes) is 9. The second kappa shape index (κ2) is 10.8. The highest BCUT2D eigenvalue weighted by Gasteiger charge is 2.26. The van der Waals surface area contributed by atoms with E-state index in [4.69, 9.17) is 4.74 Å². The maximum absolute atomic E-state index is 11.8. The van der Waals surface area contributed by atoms with Crippen LogP contribution in [-0.2, 0) is 11.3 Å². The molecule has 0 amide bonds. The average molecular weight is 350 g/mol. The summed E-state index contributed by atoms with van der Waals surface area (Å²) in [5.41, 5.74) is 2.67. The van der Waals surface area contributed by atoms with Crippen molar-refractivity contribution in [3.8, 4) is 0 Å². The van der Waals surface area contributed by atoms with E-state index in [1.807, 2.05) is 13.0 Å². The summed E-state index contributed by atoms with van der Waals surface area (Å²) in [6, 6.07) is 1.96. The highest BCUT2D eigenvalue weighted by atomic mass is 32.2. The molecule has 0 radical (unpaired) electrons. The first kappa shape index (κ1) is 19.3. The lowest BCUT2D eigenvalue weighted by molar-refractivity contribution is 0.0532. The van der Waals surface area contributed by atoms with Crippen LogP contribution < -0.4 is 0 Å². The number of rotatable bonds is 12. The maximum atomic E-state index is 11.8. The summed E-state index contributed by atoms with van der Waals surface area (Å²) in [5.74, 6) is 0.829. The Bertz CT molecular complexity index is 531. The molecule has 0 aliphatic carbocycles. The van der Waals surface area contributed by atoms with Gasteiger partial charge in [-0.3, -0.25) is 0 Å². The van der Waals surface area contributed by atoms with Crippen LogP contribution in [0, 0.1) is 6.92 Å². The molecule has 0 saturated carbocycles. The molecule has 1 aliphatic rings. The van der Waals surface area contributed by atoms with E-state index in [1.165, 1.54) is 64.2 Å². The van der Waals surface area contributed by atoms with E-state index >= 15 is 0 Å². The van der Waals surface area contributed by atoms with Crippen LogP contribution in [0.15, 0.2) is 11.1 Å². The SMILES string of the molecule is CCCCCCCCCCCCSc1nc(C)cc2c1C(=O)OC2. The second-order valence-electron chi connectivity index (χ2n) is 6.71. The van der Waals surface area contributed by atoms with Crippen LogP contribution in [-0.4, -0.2) is 16.7 Å². The third-order valence-corrected chi connectivity index (χ3v) is 5.56. The molecule has 2 rings (SSSR count). The van der Waals surface area contributed by atoms with Crippen molar-refractivity contribution in [2.24, 2.45) is 0 Å². The summed E-state index contributed by atoms with van der Waals surface area (Å²) in [6.45, 7) is 4.65. The minimum absolute atomic E-state index is 0.205. The third-order valence-electron chi connectivity index (χ3n) is 4.50. The van der Waals surface area contributed by atoms with Crippen LogP contribution in [0.2, 0.25) is 0 Å². The van der Waals surface area contributed by atoms with Crippen LogP contribution in [0.1, 0.15) is 92.7 Å². The lowest BCUT2D eigenvalue weighted by Gasteiger charge is -2.06. The molecule has 3 nitrogen and oxygen atoms in total. The van der Waals surface area contributed by atoms with Gasteiger partial charge in [0, 0.05) is 11.3 Å². The van der Waals surface area contributed by atoms with E-state index in [9.17, 15) is 4.79 Å². The van der Waals surface area contributed by atoms with Crippen LogP contribution >= 0.6 is 11.8 Å². The van der Waals surface area contributed by atoms with Crippen LogP contribution in [0.5, 0.6) is 0 Å². The molecular weight excluding hydrogens is 318 g/mol. The highest BCUT2D eigenvalue weighted by molar-refractivity contribution is 7.99. The number of hydrogen-bond acceptors (Lipinski definition) is 4. The van der Waals surface area contributed by atoms with E-state index in [0.717, 1.165) is 22.0 Å². The molecular formula is C20H31NO2S. The van der Waals surface area contributed by atoms with E-state index in [0.29, 0.717) is 12.2 Å². The first-order valence-electron chi connectivity index (χ1n) is 9.52. The lowest BCUT2D eigenvalue weighted by atomic mass is 10.1. The molecule has 0 bridgehead atoms. The van der Waals surface area contributed by atoms with Crippen LogP contribution in [0.25, 0.3) is 0 Å². The number of cyclic esters (lactones) is 1. The van der Waals surface area contributed by atoms with E-state index < -0.39 is 0 Å². The third kappa shape index (κ3) is 6.12. The van der Waals surface area contributed by atoms with Crippen molar-refractivity contribution in [1.82, 2.24) is 4.98 Å². The number of pyridine rings is 1. The van der Waals surface area contributed by atoms with Gasteiger partial charge in [-0.2, -0.15) is 0 Å². The summed E-state index contributed by atoms with van der Waals surface area (Å²) in [6.07, 6.45) is 13.5. The Balaban J connectivity index is 1.58. The molecule has 4 heteroatoms. The Morgan fingerprint density at radius 3 is 2.33 bits per heavy atom. The minimum Gasteiger partial charge on any atom is -0.457 e. The summed E-state index contributed by atoms with van der Waals surface area (Å²) >= 11 is 1.71. The van der Waals surface area contributed by atoms with Crippen molar-refractivity contribution in [1.29, 1.82) is 0 Å². The number of aryl methyl sites for hydroxylation is 1. The van der Waals surface area contributed by atoms with E-state index in [-0.39, 0.29) is 5.97 Å². The Kier molecular flexibility index (Phi) is 8.65. The van der Waals surface area contributed by atoms with Gasteiger partial charge in [-0.1, -0.05) is 64.7 Å². The van der Waals surface area contributed by atoms with E-state index in [1.54, 1.807) is 11.8 Å². The van der Waals surface area contributed by atoms with E-state index in [2.05, 4.69) is 11.9 Å². The molecule has 0 unspecified atom stereocenters. The van der Waals surface area contributed by atoms with Gasteiger partial charge in [0.15, 0.2) is 0 Å². The standard InChI is InChI=1S/C20H31NO2S/c1-3-4-5-6-7-8-9-10-11-12-13-24-19-18-17(14-16(2)21-19)15-23-20(18)22/h14H,3-13,15H2,1-2H3. The van der Waals surface area contributed by atoms with Gasteiger partial charge in [0.05, 0.1) is 5.56 Å². The van der Waals surface area contributed by atoms with Gasteiger partial charge < -0.3 is 4.74 Å². The highest BCUT2D eigenvalue weighted by Crippen LogP contribution is 2.30. The smallest absolute Gasteiger partial charge is 0.341 e. The fourth-order valence-corrected chi connectivity index (χ4v) is 4.23. The summed E-state index contributed by atoms with van der Waals surface area (Å²) < 4.78 is 5.13. The zero-order valence-electron chi connectivity index (χ0n) is 15.2. The Hall–Kier alpha value is -1.03. The van der Waals surface area contributed by atoms with Crippen molar-refractivity contribution in [3.63, 3.8) is 0 Å². The number of carbonyl (C=O) groups excluding carboxylic acids is 1. The Labute approximate surface area is 151 Å². The number of thioether (sulfide) groups is 1. The number of carbonyl (C=O) groups is 1. The predicted molar refractivity (Wildman–Crippen MR) is 101 cm³/mol. The van der Waals surface area contributed by atoms with Crippen molar-refractivity contribution in [2.45, 2.75) is 89.7 Å². The fourth-order valence-electron chi connectivity index (χ4n) is 3.12. The molecule has 0 saturated heterocycles. The molecule has 1 aliphatic heterocycles. The number of nitrogens with zero attached hydrogens (tertiary/aromatic N) is 1. The van der Waals surface area contributed by atoms with Crippen molar-refractivity contribution >= 4 is 17.7 Å². The monoisotopic (exact) mass is 349 g/mol.